The average molecular weight is 398 g/mol. The first-order valence-electron chi connectivity index (χ1n) is 9.06. The second-order valence-corrected chi connectivity index (χ2v) is 7.18. The molecule has 2 aromatic carbocycles. The first kappa shape index (κ1) is 18.7. The lowest BCUT2D eigenvalue weighted by molar-refractivity contribution is 0.813. The smallest absolute Gasteiger partial charge is 0.227 e. The monoisotopic (exact) mass is 398 g/mol. The fourth-order valence-electron chi connectivity index (χ4n) is 3.00. The van der Waals surface area contributed by atoms with Gasteiger partial charge in [0.15, 0.2) is 0 Å². The molecule has 0 spiro atoms. The number of anilines is 2. The van der Waals surface area contributed by atoms with Crippen LogP contribution in [0.25, 0.3) is 16.9 Å². The molecule has 2 aromatic heterocycles. The van der Waals surface area contributed by atoms with Crippen LogP contribution < -0.4 is 5.32 Å². The van der Waals surface area contributed by atoms with Gasteiger partial charge in [-0.1, -0.05) is 48.2 Å². The van der Waals surface area contributed by atoms with Crippen molar-refractivity contribution >= 4 is 23.4 Å². The molecule has 0 saturated carbocycles. The van der Waals surface area contributed by atoms with Crippen LogP contribution >= 0.6 is 11.8 Å². The normalized spacial score (nSPS) is 10.5. The molecule has 0 amide bonds. The highest BCUT2D eigenvalue weighted by Gasteiger charge is 2.19. The minimum absolute atomic E-state index is 0.318. The molecular weight excluding hydrogens is 380 g/mol. The number of para-hydroxylation sites is 2. The van der Waals surface area contributed by atoms with Crippen LogP contribution in [0.3, 0.4) is 0 Å². The van der Waals surface area contributed by atoms with E-state index in [1.807, 2.05) is 78.3 Å². The lowest BCUT2D eigenvalue weighted by Crippen LogP contribution is -2.00. The van der Waals surface area contributed by atoms with Crippen molar-refractivity contribution in [2.45, 2.75) is 11.9 Å². The van der Waals surface area contributed by atoms with E-state index >= 15 is 0 Å². The van der Waals surface area contributed by atoms with Crippen LogP contribution in [0.15, 0.2) is 78.0 Å². The fourth-order valence-corrected chi connectivity index (χ4v) is 3.74. The molecule has 0 bridgehead atoms. The van der Waals surface area contributed by atoms with E-state index in [9.17, 15) is 0 Å². The molecule has 4 rings (SSSR count). The number of nitrogens with one attached hydrogen (secondary N) is 1. The fraction of sp³-hybridized carbons (Fsp3) is 0.0909. The Bertz CT molecular complexity index is 1150. The van der Waals surface area contributed by atoms with Gasteiger partial charge < -0.3 is 5.32 Å². The van der Waals surface area contributed by atoms with E-state index in [0.717, 1.165) is 33.4 Å². The number of benzene rings is 2. The Labute approximate surface area is 173 Å². The SMILES string of the molecule is Cc1c(-c2ccnc(Nc3ccccc3)n2)c(SCC#N)nn1-c1ccccc1. The van der Waals surface area contributed by atoms with Gasteiger partial charge in [0.25, 0.3) is 0 Å². The predicted molar refractivity (Wildman–Crippen MR) is 115 cm³/mol. The Morgan fingerprint density at radius 3 is 2.48 bits per heavy atom. The van der Waals surface area contributed by atoms with Gasteiger partial charge in [0.1, 0.15) is 5.03 Å². The lowest BCUT2D eigenvalue weighted by atomic mass is 10.2. The summed E-state index contributed by atoms with van der Waals surface area (Å²) < 4.78 is 1.89. The number of aromatic nitrogens is 4. The molecule has 0 aliphatic carbocycles. The van der Waals surface area contributed by atoms with Crippen molar-refractivity contribution in [3.8, 4) is 23.0 Å². The minimum atomic E-state index is 0.318. The number of nitriles is 1. The summed E-state index contributed by atoms with van der Waals surface area (Å²) in [5.74, 6) is 0.829. The Morgan fingerprint density at radius 2 is 1.76 bits per heavy atom. The van der Waals surface area contributed by atoms with Crippen LogP contribution in [0.4, 0.5) is 11.6 Å². The maximum Gasteiger partial charge on any atom is 0.227 e. The summed E-state index contributed by atoms with van der Waals surface area (Å²) in [6, 6.07) is 23.8. The van der Waals surface area contributed by atoms with Gasteiger partial charge in [-0.2, -0.15) is 10.4 Å². The molecule has 0 radical (unpaired) electrons. The molecule has 7 heteroatoms. The van der Waals surface area contributed by atoms with Gasteiger partial charge in [-0.3, -0.25) is 0 Å². The van der Waals surface area contributed by atoms with Crippen LogP contribution in [0.5, 0.6) is 0 Å². The minimum Gasteiger partial charge on any atom is -0.324 e. The number of thioether (sulfide) groups is 1. The highest BCUT2D eigenvalue weighted by atomic mass is 32.2. The molecular formula is C22H18N6S. The van der Waals surface area contributed by atoms with Gasteiger partial charge in [-0.05, 0) is 37.3 Å². The lowest BCUT2D eigenvalue weighted by Gasteiger charge is -2.08. The Kier molecular flexibility index (Phi) is 5.54. The summed E-state index contributed by atoms with van der Waals surface area (Å²) in [7, 11) is 0. The highest BCUT2D eigenvalue weighted by molar-refractivity contribution is 7.99. The van der Waals surface area contributed by atoms with Gasteiger partial charge in [-0.15, -0.1) is 0 Å². The van der Waals surface area contributed by atoms with Crippen molar-refractivity contribution in [1.82, 2.24) is 19.7 Å². The van der Waals surface area contributed by atoms with Crippen molar-refractivity contribution in [3.63, 3.8) is 0 Å². The summed E-state index contributed by atoms with van der Waals surface area (Å²) in [5.41, 5.74) is 4.51. The maximum absolute atomic E-state index is 9.05. The first-order chi connectivity index (χ1) is 14.3. The zero-order valence-electron chi connectivity index (χ0n) is 15.8. The molecule has 0 fully saturated rings. The Balaban J connectivity index is 1.76. The molecule has 29 heavy (non-hydrogen) atoms. The molecule has 0 saturated heterocycles. The molecule has 0 atom stereocenters. The number of hydrogen-bond donors (Lipinski definition) is 1. The Hall–Kier alpha value is -3.63. The third-order valence-corrected chi connectivity index (χ3v) is 5.13. The van der Waals surface area contributed by atoms with Crippen LogP contribution in [-0.4, -0.2) is 25.5 Å². The molecule has 0 aliphatic heterocycles. The third kappa shape index (κ3) is 4.13. The summed E-state index contributed by atoms with van der Waals surface area (Å²) in [5, 5.41) is 17.8. The molecule has 4 aromatic rings. The van der Waals surface area contributed by atoms with E-state index in [1.54, 1.807) is 6.20 Å². The number of rotatable bonds is 6. The summed E-state index contributed by atoms with van der Waals surface area (Å²) >= 11 is 1.41. The molecule has 0 aliphatic rings. The van der Waals surface area contributed by atoms with Crippen LogP contribution in [0, 0.1) is 18.3 Å². The van der Waals surface area contributed by atoms with Gasteiger partial charge in [0.2, 0.25) is 5.95 Å². The largest absolute Gasteiger partial charge is 0.324 e. The van der Waals surface area contributed by atoms with E-state index in [4.69, 9.17) is 15.3 Å². The standard InChI is InChI=1S/C22H18N6S/c1-16-20(19-12-14-24-22(26-19)25-17-8-4-2-5-9-17)21(29-15-13-23)27-28(16)18-10-6-3-7-11-18/h2-12,14H,15H2,1H3,(H,24,25,26). The predicted octanol–water partition coefficient (Wildman–Crippen LogP) is 5.00. The topological polar surface area (TPSA) is 79.4 Å². The summed E-state index contributed by atoms with van der Waals surface area (Å²) in [6.07, 6.45) is 1.73. The Morgan fingerprint density at radius 1 is 1.03 bits per heavy atom. The molecule has 1 N–H and O–H groups in total. The van der Waals surface area contributed by atoms with Crippen molar-refractivity contribution in [1.29, 1.82) is 5.26 Å². The summed E-state index contributed by atoms with van der Waals surface area (Å²) in [4.78, 5) is 9.04. The van der Waals surface area contributed by atoms with Crippen molar-refractivity contribution in [3.05, 3.63) is 78.6 Å². The van der Waals surface area contributed by atoms with Crippen molar-refractivity contribution in [2.24, 2.45) is 0 Å². The van der Waals surface area contributed by atoms with Gasteiger partial charge in [0, 0.05) is 11.9 Å². The number of hydrogen-bond acceptors (Lipinski definition) is 6. The molecule has 2 heterocycles. The third-order valence-electron chi connectivity index (χ3n) is 4.30. The zero-order valence-corrected chi connectivity index (χ0v) is 16.6. The van der Waals surface area contributed by atoms with Crippen molar-refractivity contribution in [2.75, 3.05) is 11.1 Å². The molecule has 0 unspecified atom stereocenters. The van der Waals surface area contributed by atoms with E-state index in [2.05, 4.69) is 16.4 Å². The first-order valence-corrected chi connectivity index (χ1v) is 10.0. The van der Waals surface area contributed by atoms with E-state index in [0.29, 0.717) is 11.7 Å². The second kappa shape index (κ2) is 8.59. The number of nitrogens with zero attached hydrogens (tertiary/aromatic N) is 5. The van der Waals surface area contributed by atoms with Crippen LogP contribution in [0.1, 0.15) is 5.69 Å². The quantitative estimate of drug-likeness (QED) is 0.461. The van der Waals surface area contributed by atoms with E-state index in [1.165, 1.54) is 11.8 Å². The average Bonchev–Trinajstić information content (AvgIpc) is 3.10. The van der Waals surface area contributed by atoms with Gasteiger partial charge in [0.05, 0.1) is 34.5 Å². The highest BCUT2D eigenvalue weighted by Crippen LogP contribution is 2.34. The van der Waals surface area contributed by atoms with Crippen molar-refractivity contribution < 1.29 is 0 Å². The summed E-state index contributed by atoms with van der Waals surface area (Å²) in [6.45, 7) is 2.01. The maximum atomic E-state index is 9.05. The van der Waals surface area contributed by atoms with Gasteiger partial charge in [-0.25, -0.2) is 14.6 Å². The van der Waals surface area contributed by atoms with Crippen LogP contribution in [0.2, 0.25) is 0 Å². The zero-order chi connectivity index (χ0) is 20.1. The van der Waals surface area contributed by atoms with Crippen LogP contribution in [-0.2, 0) is 0 Å². The second-order valence-electron chi connectivity index (χ2n) is 6.22. The molecule has 6 nitrogen and oxygen atoms in total. The van der Waals surface area contributed by atoms with E-state index in [-0.39, 0.29) is 0 Å². The van der Waals surface area contributed by atoms with E-state index < -0.39 is 0 Å². The van der Waals surface area contributed by atoms with Gasteiger partial charge >= 0.3 is 0 Å². The molecule has 142 valence electrons.